The maximum atomic E-state index is 14.3. The minimum absolute atomic E-state index is 0.000419. The summed E-state index contributed by atoms with van der Waals surface area (Å²) in [5.74, 6) is -13.3. The molecule has 482 valence electrons. The molecule has 1 fully saturated rings. The number of nitrogens with one attached hydrogen (secondary N) is 10. The summed E-state index contributed by atoms with van der Waals surface area (Å²) < 4.78 is 0. The average Bonchev–Trinajstić information content (AvgIpc) is 3.69. The van der Waals surface area contributed by atoms with E-state index in [4.69, 9.17) is 28.7 Å². The van der Waals surface area contributed by atoms with Gasteiger partial charge in [0.15, 0.2) is 5.96 Å². The van der Waals surface area contributed by atoms with Crippen LogP contribution in [0.5, 0.6) is 0 Å². The Morgan fingerprint density at radius 1 is 0.576 bits per heavy atom. The standard InChI is InChI=1S/C50H89N17O17S/c1-26(2)39(53)47(81)58-22-36(70)59-27(3)48(82)67-19-10-14-35(67)46(80)57-23-37(71)60-28(11-5-7-16-51)40(74)61-29(12-6-8-17-52)41(75)62-30(13-9-18-56-50(54)55)42(76)64-32(21-38(72)73)44(78)63-31(15-20-85-4)43(77)65-33(24-68)45(79)66-34(25-69)49(83)84/h26-35,39,68-69H,5-25,51-53H2,1-4H3,(H,57,80)(H,58,81)(H,59,70)(H,60,71)(H,61,74)(H,62,75)(H,63,78)(H,64,76)(H,65,77)(H,66,79)(H,72,73)(H,83,84)(H4,54,55,56). The van der Waals surface area contributed by atoms with Crippen LogP contribution >= 0.6 is 11.8 Å². The van der Waals surface area contributed by atoms with Gasteiger partial charge in [-0.15, -0.1) is 0 Å². The fourth-order valence-electron chi connectivity index (χ4n) is 8.22. The SMILES string of the molecule is CSCCC(NC(=O)C(CC(=O)O)NC(=O)C(CCCN=C(N)N)NC(=O)C(CCCCN)NC(=O)C(CCCCN)NC(=O)CNC(=O)C1CCCN1C(=O)C(C)NC(=O)CNC(=O)C(N)C(C)C)C(=O)NC(CO)C(=O)NC(CO)C(=O)O. The zero-order valence-electron chi connectivity index (χ0n) is 48.5. The van der Waals surface area contributed by atoms with E-state index in [1.807, 2.05) is 5.32 Å². The summed E-state index contributed by atoms with van der Waals surface area (Å²) >= 11 is 1.22. The quantitative estimate of drug-likeness (QED) is 0.0153. The maximum absolute atomic E-state index is 14.3. The Kier molecular flexibility index (Phi) is 36.2. The largest absolute Gasteiger partial charge is 0.481 e. The number of likely N-dealkylation sites (tertiary alicyclic amines) is 1. The molecule has 85 heavy (non-hydrogen) atoms. The van der Waals surface area contributed by atoms with Crippen molar-refractivity contribution in [1.82, 2.24) is 58.1 Å². The van der Waals surface area contributed by atoms with Crippen LogP contribution in [0.2, 0.25) is 0 Å². The van der Waals surface area contributed by atoms with Gasteiger partial charge in [0.25, 0.3) is 0 Å². The highest BCUT2D eigenvalue weighted by Crippen LogP contribution is 2.19. The Morgan fingerprint density at radius 3 is 1.51 bits per heavy atom. The molecule has 24 N–H and O–H groups in total. The second-order valence-corrected chi connectivity index (χ2v) is 21.3. The van der Waals surface area contributed by atoms with E-state index in [9.17, 15) is 82.8 Å². The number of carboxylic acid groups (broad SMARTS) is 2. The van der Waals surface area contributed by atoms with Crippen LogP contribution in [0, 0.1) is 5.92 Å². The summed E-state index contributed by atoms with van der Waals surface area (Å²) in [5.41, 5.74) is 28.2. The van der Waals surface area contributed by atoms with Crippen molar-refractivity contribution in [2.24, 2.45) is 39.6 Å². The zero-order valence-corrected chi connectivity index (χ0v) is 49.3. The fourth-order valence-corrected chi connectivity index (χ4v) is 8.69. The Bertz CT molecular complexity index is 2300. The number of hydrogen-bond donors (Lipinski definition) is 19. The number of amides is 11. The van der Waals surface area contributed by atoms with Crippen LogP contribution in [-0.4, -0.2) is 233 Å². The minimum atomic E-state index is -1.93. The van der Waals surface area contributed by atoms with Gasteiger partial charge in [-0.3, -0.25) is 62.5 Å². The first kappa shape index (κ1) is 75.5. The molecule has 0 aliphatic carbocycles. The molecule has 0 aromatic heterocycles. The Hall–Kier alpha value is -7.47. The van der Waals surface area contributed by atoms with Gasteiger partial charge in [-0.1, -0.05) is 13.8 Å². The van der Waals surface area contributed by atoms with Gasteiger partial charge in [-0.25, -0.2) is 4.79 Å². The summed E-state index contributed by atoms with van der Waals surface area (Å²) in [4.78, 5) is 176. The van der Waals surface area contributed by atoms with Crippen molar-refractivity contribution in [3.63, 3.8) is 0 Å². The number of aliphatic carboxylic acids is 2. The monoisotopic (exact) mass is 1230 g/mol. The van der Waals surface area contributed by atoms with Crippen molar-refractivity contribution in [3.8, 4) is 0 Å². The molecule has 10 atom stereocenters. The zero-order chi connectivity index (χ0) is 64.3. The molecule has 0 aromatic carbocycles. The van der Waals surface area contributed by atoms with E-state index >= 15 is 0 Å². The number of hydrogen-bond acceptors (Lipinski definition) is 20. The number of guanidine groups is 1. The lowest BCUT2D eigenvalue weighted by Gasteiger charge is -2.28. The van der Waals surface area contributed by atoms with Gasteiger partial charge in [0.2, 0.25) is 65.0 Å². The van der Waals surface area contributed by atoms with Crippen molar-refractivity contribution >= 4 is 94.6 Å². The lowest BCUT2D eigenvalue weighted by molar-refractivity contribution is -0.143. The molecular weight excluding hydrogens is 1140 g/mol. The first-order chi connectivity index (χ1) is 40.1. The van der Waals surface area contributed by atoms with Crippen LogP contribution in [0.25, 0.3) is 0 Å². The number of rotatable bonds is 42. The molecule has 0 saturated carbocycles. The van der Waals surface area contributed by atoms with Crippen molar-refractivity contribution in [2.45, 2.75) is 158 Å². The van der Waals surface area contributed by atoms with E-state index in [1.165, 1.54) is 23.6 Å². The van der Waals surface area contributed by atoms with E-state index < -0.39 is 170 Å². The predicted octanol–water partition coefficient (Wildman–Crippen LogP) is -8.30. The molecule has 10 unspecified atom stereocenters. The molecule has 0 bridgehead atoms. The third-order valence-electron chi connectivity index (χ3n) is 13.1. The van der Waals surface area contributed by atoms with E-state index in [2.05, 4.69) is 52.8 Å². The molecular formula is C50H89N17O17S. The number of aliphatic hydroxyl groups excluding tert-OH is 2. The molecule has 35 heteroatoms. The summed E-state index contributed by atoms with van der Waals surface area (Å²) in [7, 11) is 0. The van der Waals surface area contributed by atoms with Crippen LogP contribution in [0.4, 0.5) is 0 Å². The maximum Gasteiger partial charge on any atom is 0.328 e. The van der Waals surface area contributed by atoms with Crippen molar-refractivity contribution in [3.05, 3.63) is 0 Å². The molecule has 1 saturated heterocycles. The molecule has 34 nitrogen and oxygen atoms in total. The van der Waals surface area contributed by atoms with Gasteiger partial charge in [-0.2, -0.15) is 11.8 Å². The van der Waals surface area contributed by atoms with E-state index in [-0.39, 0.29) is 88.8 Å². The Balaban J connectivity index is 3.38. The molecule has 1 rings (SSSR count). The third-order valence-corrected chi connectivity index (χ3v) is 13.7. The van der Waals surface area contributed by atoms with Gasteiger partial charge >= 0.3 is 11.9 Å². The topological polar surface area (TPSA) is 569 Å². The second kappa shape index (κ2) is 40.7. The lowest BCUT2D eigenvalue weighted by atomic mass is 10.0. The number of unbranched alkanes of at least 4 members (excludes halogenated alkanes) is 2. The van der Waals surface area contributed by atoms with Gasteiger partial charge in [0, 0.05) is 13.1 Å². The van der Waals surface area contributed by atoms with Crippen molar-refractivity contribution in [1.29, 1.82) is 0 Å². The number of aliphatic imine (C=N–C) groups is 1. The highest BCUT2D eigenvalue weighted by Gasteiger charge is 2.38. The third kappa shape index (κ3) is 28.8. The van der Waals surface area contributed by atoms with Crippen LogP contribution in [0.1, 0.15) is 97.8 Å². The number of aliphatic hydroxyl groups is 2. The van der Waals surface area contributed by atoms with E-state index in [0.717, 1.165) is 0 Å². The smallest absolute Gasteiger partial charge is 0.328 e. The normalized spacial score (nSPS) is 16.0. The number of thioether (sulfide) groups is 1. The van der Waals surface area contributed by atoms with Gasteiger partial charge < -0.3 is 107 Å². The molecule has 0 radical (unpaired) electrons. The average molecular weight is 1230 g/mol. The van der Waals surface area contributed by atoms with Gasteiger partial charge in [0.1, 0.15) is 54.4 Å². The lowest BCUT2D eigenvalue weighted by Crippen LogP contribution is -2.60. The number of carboxylic acids is 2. The first-order valence-electron chi connectivity index (χ1n) is 27.8. The second-order valence-electron chi connectivity index (χ2n) is 20.3. The van der Waals surface area contributed by atoms with Crippen LogP contribution in [-0.2, 0) is 62.3 Å². The Labute approximate surface area is 496 Å². The first-order valence-corrected chi connectivity index (χ1v) is 29.2. The summed E-state index contributed by atoms with van der Waals surface area (Å²) in [6, 6.07) is -14.3. The summed E-state index contributed by atoms with van der Waals surface area (Å²) in [5, 5.41) is 62.0. The predicted molar refractivity (Wildman–Crippen MR) is 307 cm³/mol. The van der Waals surface area contributed by atoms with Crippen LogP contribution in [0.15, 0.2) is 4.99 Å². The number of carbonyl (C=O) groups is 13. The number of carbonyl (C=O) groups excluding carboxylic acids is 11. The summed E-state index contributed by atoms with van der Waals surface area (Å²) in [6.45, 7) is 2.17. The van der Waals surface area contributed by atoms with Crippen LogP contribution < -0.4 is 81.8 Å². The Morgan fingerprint density at radius 2 is 1.02 bits per heavy atom. The van der Waals surface area contributed by atoms with Crippen LogP contribution in [0.3, 0.4) is 0 Å². The highest BCUT2D eigenvalue weighted by atomic mass is 32.2. The molecule has 11 amide bonds. The van der Waals surface area contributed by atoms with Crippen molar-refractivity contribution < 1.29 is 82.8 Å². The summed E-state index contributed by atoms with van der Waals surface area (Å²) in [6.07, 6.45) is 2.12. The van der Waals surface area contributed by atoms with E-state index in [0.29, 0.717) is 25.7 Å². The highest BCUT2D eigenvalue weighted by molar-refractivity contribution is 7.98. The van der Waals surface area contributed by atoms with Gasteiger partial charge in [-0.05, 0) is 109 Å². The molecule has 1 heterocycles. The fraction of sp³-hybridized carbons (Fsp3) is 0.720. The number of nitrogens with zero attached hydrogens (tertiary/aromatic N) is 2. The van der Waals surface area contributed by atoms with Gasteiger partial charge in [0.05, 0.1) is 38.8 Å². The van der Waals surface area contributed by atoms with Crippen molar-refractivity contribution in [2.75, 3.05) is 64.5 Å². The molecule has 1 aliphatic heterocycles. The molecule has 0 aromatic rings. The van der Waals surface area contributed by atoms with E-state index in [1.54, 1.807) is 20.1 Å². The molecule has 0 spiro atoms. The minimum Gasteiger partial charge on any atom is -0.481 e. The number of nitrogens with two attached hydrogens (primary N) is 5. The molecule has 1 aliphatic rings.